The van der Waals surface area contributed by atoms with Crippen LogP contribution in [0.5, 0.6) is 0 Å². The van der Waals surface area contributed by atoms with Crippen molar-refractivity contribution in [3.8, 4) is 0 Å². The van der Waals surface area contributed by atoms with Crippen molar-refractivity contribution in [2.75, 3.05) is 20.2 Å². The van der Waals surface area contributed by atoms with Gasteiger partial charge in [-0.05, 0) is 19.3 Å². The molecule has 0 aromatic rings. The average molecular weight is 202 g/mol. The summed E-state index contributed by atoms with van der Waals surface area (Å²) in [6.45, 7) is 8.11. The molecule has 0 saturated carbocycles. The summed E-state index contributed by atoms with van der Waals surface area (Å²) in [7, 11) is 1.74. The lowest BCUT2D eigenvalue weighted by molar-refractivity contribution is 0.112. The Labute approximate surface area is 88.4 Å². The molecular weight excluding hydrogens is 176 g/mol. The van der Waals surface area contributed by atoms with Crippen LogP contribution in [0, 0.1) is 5.92 Å². The first-order chi connectivity index (χ1) is 6.65. The minimum absolute atomic E-state index is 0.262. The van der Waals surface area contributed by atoms with E-state index >= 15 is 0 Å². The van der Waals surface area contributed by atoms with Gasteiger partial charge in [-0.3, -0.25) is 0 Å². The van der Waals surface area contributed by atoms with Crippen molar-refractivity contribution in [2.24, 2.45) is 11.7 Å². The van der Waals surface area contributed by atoms with Crippen molar-refractivity contribution in [3.05, 3.63) is 0 Å². The van der Waals surface area contributed by atoms with E-state index in [0.29, 0.717) is 18.5 Å². The Morgan fingerprint density at radius 3 is 2.43 bits per heavy atom. The van der Waals surface area contributed by atoms with E-state index in [1.165, 1.54) is 12.8 Å². The number of hydrogen-bond donors (Lipinski definition) is 2. The maximum absolute atomic E-state index is 5.73. The zero-order valence-corrected chi connectivity index (χ0v) is 10.0. The van der Waals surface area contributed by atoms with Crippen LogP contribution in [0.3, 0.4) is 0 Å². The van der Waals surface area contributed by atoms with Gasteiger partial charge < -0.3 is 15.8 Å². The highest BCUT2D eigenvalue weighted by molar-refractivity contribution is 4.75. The van der Waals surface area contributed by atoms with Crippen LogP contribution < -0.4 is 11.1 Å². The standard InChI is InChI=1S/C11H26N2O/c1-5-6-9(2)11(7-12)13-8-10(3)14-4/h9-11,13H,5-8,12H2,1-4H3. The summed E-state index contributed by atoms with van der Waals surface area (Å²) in [5, 5.41) is 3.45. The van der Waals surface area contributed by atoms with Crippen LogP contribution >= 0.6 is 0 Å². The number of rotatable bonds is 8. The molecule has 0 heterocycles. The minimum Gasteiger partial charge on any atom is -0.380 e. The fourth-order valence-electron chi connectivity index (χ4n) is 1.57. The van der Waals surface area contributed by atoms with Gasteiger partial charge in [0, 0.05) is 26.2 Å². The molecule has 3 N–H and O–H groups in total. The zero-order chi connectivity index (χ0) is 11.0. The maximum atomic E-state index is 5.73. The lowest BCUT2D eigenvalue weighted by atomic mass is 9.97. The van der Waals surface area contributed by atoms with Crippen molar-refractivity contribution >= 4 is 0 Å². The molecule has 3 atom stereocenters. The number of methoxy groups -OCH3 is 1. The molecule has 0 rings (SSSR count). The summed E-state index contributed by atoms with van der Waals surface area (Å²) in [5.74, 6) is 0.647. The number of ether oxygens (including phenoxy) is 1. The Hall–Kier alpha value is -0.120. The summed E-state index contributed by atoms with van der Waals surface area (Å²) in [6, 6.07) is 0.424. The van der Waals surface area contributed by atoms with Gasteiger partial charge in [-0.1, -0.05) is 20.3 Å². The Bertz CT molecular complexity index is 130. The van der Waals surface area contributed by atoms with Crippen molar-refractivity contribution in [3.63, 3.8) is 0 Å². The predicted molar refractivity (Wildman–Crippen MR) is 61.4 cm³/mol. The van der Waals surface area contributed by atoms with E-state index in [4.69, 9.17) is 10.5 Å². The van der Waals surface area contributed by atoms with Crippen molar-refractivity contribution in [1.82, 2.24) is 5.32 Å². The second kappa shape index (κ2) is 8.21. The van der Waals surface area contributed by atoms with Gasteiger partial charge >= 0.3 is 0 Å². The summed E-state index contributed by atoms with van der Waals surface area (Å²) < 4.78 is 5.18. The van der Waals surface area contributed by atoms with Crippen LogP contribution in [0.2, 0.25) is 0 Å². The number of nitrogens with two attached hydrogens (primary N) is 1. The molecule has 0 bridgehead atoms. The van der Waals surface area contributed by atoms with Gasteiger partial charge in [-0.2, -0.15) is 0 Å². The Morgan fingerprint density at radius 2 is 2.00 bits per heavy atom. The molecule has 0 aliphatic carbocycles. The molecule has 14 heavy (non-hydrogen) atoms. The molecule has 0 spiro atoms. The van der Waals surface area contributed by atoms with Gasteiger partial charge in [-0.15, -0.1) is 0 Å². The van der Waals surface area contributed by atoms with Gasteiger partial charge in [0.25, 0.3) is 0 Å². The first-order valence-corrected chi connectivity index (χ1v) is 5.61. The SMILES string of the molecule is CCCC(C)C(CN)NCC(C)OC. The molecule has 0 aromatic carbocycles. The molecule has 0 fully saturated rings. The van der Waals surface area contributed by atoms with E-state index in [0.717, 1.165) is 6.54 Å². The fourth-order valence-corrected chi connectivity index (χ4v) is 1.57. The molecule has 0 aliphatic rings. The zero-order valence-electron chi connectivity index (χ0n) is 10.0. The van der Waals surface area contributed by atoms with Gasteiger partial charge in [-0.25, -0.2) is 0 Å². The first-order valence-electron chi connectivity index (χ1n) is 5.61. The van der Waals surface area contributed by atoms with E-state index in [9.17, 15) is 0 Å². The molecule has 0 aromatic heterocycles. The van der Waals surface area contributed by atoms with Crippen LogP contribution in [0.25, 0.3) is 0 Å². The van der Waals surface area contributed by atoms with E-state index < -0.39 is 0 Å². The fraction of sp³-hybridized carbons (Fsp3) is 1.00. The average Bonchev–Trinajstić information content (AvgIpc) is 2.18. The minimum atomic E-state index is 0.262. The second-order valence-electron chi connectivity index (χ2n) is 4.06. The first kappa shape index (κ1) is 13.9. The van der Waals surface area contributed by atoms with Gasteiger partial charge in [0.05, 0.1) is 6.10 Å². The third-order valence-electron chi connectivity index (χ3n) is 2.75. The summed E-state index contributed by atoms with van der Waals surface area (Å²) in [4.78, 5) is 0. The molecule has 3 unspecified atom stereocenters. The third-order valence-corrected chi connectivity index (χ3v) is 2.75. The third kappa shape index (κ3) is 5.58. The van der Waals surface area contributed by atoms with E-state index in [2.05, 4.69) is 26.1 Å². The van der Waals surface area contributed by atoms with Crippen molar-refractivity contribution < 1.29 is 4.74 Å². The number of nitrogens with one attached hydrogen (secondary N) is 1. The molecule has 0 amide bonds. The number of hydrogen-bond acceptors (Lipinski definition) is 3. The Kier molecular flexibility index (Phi) is 8.14. The lowest BCUT2D eigenvalue weighted by Crippen LogP contribution is -2.44. The molecule has 3 heteroatoms. The highest BCUT2D eigenvalue weighted by Crippen LogP contribution is 2.09. The topological polar surface area (TPSA) is 47.3 Å². The Morgan fingerprint density at radius 1 is 1.36 bits per heavy atom. The largest absolute Gasteiger partial charge is 0.380 e. The van der Waals surface area contributed by atoms with Gasteiger partial charge in [0.2, 0.25) is 0 Å². The molecule has 86 valence electrons. The quantitative estimate of drug-likeness (QED) is 0.625. The van der Waals surface area contributed by atoms with Crippen molar-refractivity contribution in [1.29, 1.82) is 0 Å². The van der Waals surface area contributed by atoms with Crippen LogP contribution in [0.4, 0.5) is 0 Å². The maximum Gasteiger partial charge on any atom is 0.0667 e. The van der Waals surface area contributed by atoms with Gasteiger partial charge in [0.1, 0.15) is 0 Å². The van der Waals surface area contributed by atoms with E-state index in [1.807, 2.05) is 0 Å². The molecule has 3 nitrogen and oxygen atoms in total. The molecular formula is C11H26N2O. The van der Waals surface area contributed by atoms with Crippen LogP contribution in [-0.2, 0) is 4.74 Å². The van der Waals surface area contributed by atoms with E-state index in [-0.39, 0.29) is 6.10 Å². The monoisotopic (exact) mass is 202 g/mol. The normalized spacial score (nSPS) is 17.8. The van der Waals surface area contributed by atoms with Crippen LogP contribution in [-0.4, -0.2) is 32.3 Å². The highest BCUT2D eigenvalue weighted by atomic mass is 16.5. The summed E-state index contributed by atoms with van der Waals surface area (Å²) >= 11 is 0. The highest BCUT2D eigenvalue weighted by Gasteiger charge is 2.14. The van der Waals surface area contributed by atoms with Crippen molar-refractivity contribution in [2.45, 2.75) is 45.8 Å². The Balaban J connectivity index is 3.77. The van der Waals surface area contributed by atoms with Crippen LogP contribution in [0.1, 0.15) is 33.6 Å². The molecule has 0 saturated heterocycles. The smallest absolute Gasteiger partial charge is 0.0667 e. The summed E-state index contributed by atoms with van der Waals surface area (Å²) in [5.41, 5.74) is 5.73. The van der Waals surface area contributed by atoms with Crippen LogP contribution in [0.15, 0.2) is 0 Å². The van der Waals surface area contributed by atoms with Gasteiger partial charge in [0.15, 0.2) is 0 Å². The molecule has 0 aliphatic heterocycles. The summed E-state index contributed by atoms with van der Waals surface area (Å²) in [6.07, 6.45) is 2.72. The predicted octanol–water partition coefficient (Wildman–Crippen LogP) is 1.37. The second-order valence-corrected chi connectivity index (χ2v) is 4.06. The molecule has 0 radical (unpaired) electrons. The van der Waals surface area contributed by atoms with E-state index in [1.54, 1.807) is 7.11 Å². The lowest BCUT2D eigenvalue weighted by Gasteiger charge is -2.25.